The fraction of sp³-hybridized carbons (Fsp3) is 0.706. The van der Waals surface area contributed by atoms with E-state index in [9.17, 15) is 0 Å². The second-order valence-electron chi connectivity index (χ2n) is 6.40. The third-order valence-electron chi connectivity index (χ3n) is 4.71. The van der Waals surface area contributed by atoms with Crippen LogP contribution in [0, 0.1) is 0 Å². The Morgan fingerprint density at radius 3 is 3.14 bits per heavy atom. The highest BCUT2D eigenvalue weighted by atomic mass is 15.3. The lowest BCUT2D eigenvalue weighted by Crippen LogP contribution is -2.54. The van der Waals surface area contributed by atoms with Crippen LogP contribution < -0.4 is 5.32 Å². The van der Waals surface area contributed by atoms with Crippen molar-refractivity contribution in [1.29, 1.82) is 0 Å². The number of hydrogen-bond acceptors (Lipinski definition) is 4. The fourth-order valence-corrected chi connectivity index (χ4v) is 3.54. The van der Waals surface area contributed by atoms with Gasteiger partial charge in [0.25, 0.3) is 0 Å². The van der Waals surface area contributed by atoms with Gasteiger partial charge in [0.2, 0.25) is 0 Å². The van der Waals surface area contributed by atoms with Crippen molar-refractivity contribution >= 4 is 5.82 Å². The van der Waals surface area contributed by atoms with Gasteiger partial charge in [0, 0.05) is 45.0 Å². The zero-order valence-electron chi connectivity index (χ0n) is 13.2. The Bertz CT molecular complexity index is 448. The quantitative estimate of drug-likeness (QED) is 0.902. The second-order valence-corrected chi connectivity index (χ2v) is 6.40. The topological polar surface area (TPSA) is 31.4 Å². The summed E-state index contributed by atoms with van der Waals surface area (Å²) < 4.78 is 0. The van der Waals surface area contributed by atoms with E-state index in [2.05, 4.69) is 39.2 Å². The number of fused-ring (bicyclic) bond motifs is 1. The molecule has 0 aliphatic carbocycles. The van der Waals surface area contributed by atoms with Gasteiger partial charge in [-0.05, 0) is 43.5 Å². The molecule has 2 aliphatic heterocycles. The maximum atomic E-state index is 4.40. The van der Waals surface area contributed by atoms with Crippen LogP contribution in [0.25, 0.3) is 0 Å². The number of piperazine rings is 1. The summed E-state index contributed by atoms with van der Waals surface area (Å²) in [5.41, 5.74) is 1.38. The van der Waals surface area contributed by atoms with Crippen molar-refractivity contribution in [3.63, 3.8) is 0 Å². The van der Waals surface area contributed by atoms with E-state index in [1.54, 1.807) is 0 Å². The lowest BCUT2D eigenvalue weighted by atomic mass is 9.99. The molecule has 0 saturated carbocycles. The molecule has 3 rings (SSSR count). The van der Waals surface area contributed by atoms with Crippen LogP contribution in [0.3, 0.4) is 0 Å². The SMILES string of the molecule is CCCNc1cc(CN2CCN3CCCCC3C2)ccn1. The molecular formula is C17H28N4. The summed E-state index contributed by atoms with van der Waals surface area (Å²) in [5.74, 6) is 1.02. The standard InChI is InChI=1S/C17H28N4/c1-2-7-18-17-12-15(6-8-19-17)13-20-10-11-21-9-4-3-5-16(21)14-20/h6,8,12,16H,2-5,7,9-11,13-14H2,1H3,(H,18,19). The third-order valence-corrected chi connectivity index (χ3v) is 4.71. The Kier molecular flexibility index (Phi) is 5.09. The summed E-state index contributed by atoms with van der Waals surface area (Å²) in [6, 6.07) is 5.17. The third kappa shape index (κ3) is 3.95. The molecule has 1 aromatic heterocycles. The minimum absolute atomic E-state index is 0.798. The van der Waals surface area contributed by atoms with Gasteiger partial charge in [-0.25, -0.2) is 4.98 Å². The van der Waals surface area contributed by atoms with Crippen molar-refractivity contribution in [2.24, 2.45) is 0 Å². The zero-order chi connectivity index (χ0) is 14.5. The summed E-state index contributed by atoms with van der Waals surface area (Å²) in [7, 11) is 0. The van der Waals surface area contributed by atoms with E-state index in [4.69, 9.17) is 0 Å². The number of aromatic nitrogens is 1. The Morgan fingerprint density at radius 1 is 1.29 bits per heavy atom. The number of nitrogens with one attached hydrogen (secondary N) is 1. The second kappa shape index (κ2) is 7.23. The number of hydrogen-bond donors (Lipinski definition) is 1. The first kappa shape index (κ1) is 14.8. The number of nitrogens with zero attached hydrogens (tertiary/aromatic N) is 3. The van der Waals surface area contributed by atoms with Crippen LogP contribution in [-0.4, -0.2) is 53.5 Å². The first-order chi connectivity index (χ1) is 10.3. The van der Waals surface area contributed by atoms with Crippen molar-refractivity contribution in [2.75, 3.05) is 38.0 Å². The number of pyridine rings is 1. The molecule has 1 N–H and O–H groups in total. The number of rotatable bonds is 5. The van der Waals surface area contributed by atoms with E-state index in [0.29, 0.717) is 0 Å². The molecule has 2 aliphatic rings. The number of piperidine rings is 1. The van der Waals surface area contributed by atoms with Gasteiger partial charge in [-0.3, -0.25) is 9.80 Å². The molecule has 0 spiro atoms. The maximum Gasteiger partial charge on any atom is 0.126 e. The predicted octanol–water partition coefficient (Wildman–Crippen LogP) is 2.57. The molecule has 1 atom stereocenters. The van der Waals surface area contributed by atoms with Gasteiger partial charge in [-0.15, -0.1) is 0 Å². The lowest BCUT2D eigenvalue weighted by Gasteiger charge is -2.44. The highest BCUT2D eigenvalue weighted by molar-refractivity contribution is 5.37. The molecular weight excluding hydrogens is 260 g/mol. The zero-order valence-corrected chi connectivity index (χ0v) is 13.2. The molecule has 0 radical (unpaired) electrons. The van der Waals surface area contributed by atoms with Crippen LogP contribution in [0.2, 0.25) is 0 Å². The lowest BCUT2D eigenvalue weighted by molar-refractivity contribution is 0.0457. The van der Waals surface area contributed by atoms with Crippen LogP contribution in [0.4, 0.5) is 5.82 Å². The van der Waals surface area contributed by atoms with Gasteiger partial charge >= 0.3 is 0 Å². The first-order valence-corrected chi connectivity index (χ1v) is 8.50. The van der Waals surface area contributed by atoms with Crippen LogP contribution >= 0.6 is 0 Å². The molecule has 2 saturated heterocycles. The molecule has 21 heavy (non-hydrogen) atoms. The molecule has 0 bridgehead atoms. The summed E-state index contributed by atoms with van der Waals surface area (Å²) in [6.45, 7) is 9.25. The average molecular weight is 288 g/mol. The molecule has 0 amide bonds. The van der Waals surface area contributed by atoms with E-state index in [1.165, 1.54) is 51.0 Å². The van der Waals surface area contributed by atoms with Gasteiger partial charge in [-0.1, -0.05) is 13.3 Å². The molecule has 116 valence electrons. The van der Waals surface area contributed by atoms with Crippen molar-refractivity contribution in [3.8, 4) is 0 Å². The maximum absolute atomic E-state index is 4.40. The van der Waals surface area contributed by atoms with Crippen LogP contribution in [0.5, 0.6) is 0 Å². The Hall–Kier alpha value is -1.13. The van der Waals surface area contributed by atoms with E-state index < -0.39 is 0 Å². The highest BCUT2D eigenvalue weighted by Crippen LogP contribution is 2.22. The summed E-state index contributed by atoms with van der Waals surface area (Å²) >= 11 is 0. The van der Waals surface area contributed by atoms with E-state index in [-0.39, 0.29) is 0 Å². The Morgan fingerprint density at radius 2 is 2.24 bits per heavy atom. The molecule has 2 fully saturated rings. The van der Waals surface area contributed by atoms with Gasteiger partial charge < -0.3 is 5.32 Å². The normalized spacial score (nSPS) is 23.8. The Balaban J connectivity index is 1.56. The summed E-state index contributed by atoms with van der Waals surface area (Å²) in [4.78, 5) is 9.71. The van der Waals surface area contributed by atoms with Crippen molar-refractivity contribution in [2.45, 2.75) is 45.2 Å². The van der Waals surface area contributed by atoms with Gasteiger partial charge in [0.1, 0.15) is 5.82 Å². The summed E-state index contributed by atoms with van der Waals surface area (Å²) in [5, 5.41) is 3.38. The Labute approximate surface area is 128 Å². The van der Waals surface area contributed by atoms with E-state index >= 15 is 0 Å². The van der Waals surface area contributed by atoms with Crippen LogP contribution in [0.15, 0.2) is 18.3 Å². The van der Waals surface area contributed by atoms with Crippen molar-refractivity contribution in [1.82, 2.24) is 14.8 Å². The molecule has 4 nitrogen and oxygen atoms in total. The van der Waals surface area contributed by atoms with Gasteiger partial charge in [0.05, 0.1) is 0 Å². The molecule has 0 aromatic carbocycles. The smallest absolute Gasteiger partial charge is 0.126 e. The van der Waals surface area contributed by atoms with E-state index in [1.807, 2.05) is 6.20 Å². The van der Waals surface area contributed by atoms with Gasteiger partial charge in [-0.2, -0.15) is 0 Å². The minimum atomic E-state index is 0.798. The molecule has 1 unspecified atom stereocenters. The molecule has 4 heteroatoms. The monoisotopic (exact) mass is 288 g/mol. The average Bonchev–Trinajstić information content (AvgIpc) is 2.53. The van der Waals surface area contributed by atoms with E-state index in [0.717, 1.165) is 31.4 Å². The fourth-order valence-electron chi connectivity index (χ4n) is 3.54. The van der Waals surface area contributed by atoms with Crippen LogP contribution in [0.1, 0.15) is 38.2 Å². The number of anilines is 1. The molecule has 1 aromatic rings. The minimum Gasteiger partial charge on any atom is -0.370 e. The van der Waals surface area contributed by atoms with Gasteiger partial charge in [0.15, 0.2) is 0 Å². The molecule has 3 heterocycles. The summed E-state index contributed by atoms with van der Waals surface area (Å²) in [6.07, 6.45) is 7.26. The van der Waals surface area contributed by atoms with Crippen molar-refractivity contribution < 1.29 is 0 Å². The van der Waals surface area contributed by atoms with Crippen LogP contribution in [-0.2, 0) is 6.54 Å². The largest absolute Gasteiger partial charge is 0.370 e. The first-order valence-electron chi connectivity index (χ1n) is 8.50. The van der Waals surface area contributed by atoms with Crippen molar-refractivity contribution in [3.05, 3.63) is 23.9 Å². The predicted molar refractivity (Wildman–Crippen MR) is 87.5 cm³/mol. The highest BCUT2D eigenvalue weighted by Gasteiger charge is 2.28.